The summed E-state index contributed by atoms with van der Waals surface area (Å²) in [4.78, 5) is 18.1. The van der Waals surface area contributed by atoms with Crippen LogP contribution in [0.4, 0.5) is 19.0 Å². The quantitative estimate of drug-likeness (QED) is 0.442. The second-order valence-corrected chi connectivity index (χ2v) is 5.16. The van der Waals surface area contributed by atoms with Gasteiger partial charge in [0.15, 0.2) is 5.71 Å². The van der Waals surface area contributed by atoms with Gasteiger partial charge >= 0.3 is 12.1 Å². The highest BCUT2D eigenvalue weighted by Crippen LogP contribution is 2.34. The number of aromatic carboxylic acids is 1. The molecular weight excluding hydrogens is 341 g/mol. The van der Waals surface area contributed by atoms with Crippen LogP contribution < -0.4 is 10.7 Å². The minimum Gasteiger partial charge on any atom is -0.478 e. The number of nitrogens with zero attached hydrogens (tertiary/aromatic N) is 2. The number of hydrogen-bond acceptors (Lipinski definition) is 5. The average Bonchev–Trinajstić information content (AvgIpc) is 2.55. The first-order chi connectivity index (χ1) is 11.6. The number of anilines is 1. The Morgan fingerprint density at radius 1 is 1.20 bits per heavy atom. The van der Waals surface area contributed by atoms with Gasteiger partial charge in [-0.3, -0.25) is 10.4 Å². The van der Waals surface area contributed by atoms with Crippen LogP contribution in [0, 0.1) is 0 Å². The van der Waals surface area contributed by atoms with E-state index >= 15 is 0 Å². The molecule has 0 saturated carbocycles. The number of pyridine rings is 2. The Morgan fingerprint density at radius 3 is 2.40 bits per heavy atom. The Kier molecular flexibility index (Phi) is 5.02. The fraction of sp³-hybridized carbons (Fsp3) is 0.200. The smallest absolute Gasteiger partial charge is 0.437 e. The fourth-order valence-corrected chi connectivity index (χ4v) is 1.95. The van der Waals surface area contributed by atoms with Crippen molar-refractivity contribution in [2.45, 2.75) is 18.3 Å². The molecule has 0 radical (unpaired) electrons. The third kappa shape index (κ3) is 4.29. The molecule has 0 aromatic carbocycles. The maximum Gasteiger partial charge on any atom is 0.437 e. The number of carbonyl (C=O) groups is 1. The molecule has 132 valence electrons. The van der Waals surface area contributed by atoms with Gasteiger partial charge in [-0.05, 0) is 24.3 Å². The second-order valence-electron chi connectivity index (χ2n) is 5.16. The lowest BCUT2D eigenvalue weighted by Crippen LogP contribution is -2.57. The number of rotatable bonds is 6. The molecular formula is C15H14F3N4O3+. The molecule has 5 N–H and O–H groups in total. The Morgan fingerprint density at radius 2 is 1.92 bits per heavy atom. The predicted molar refractivity (Wildman–Crippen MR) is 80.7 cm³/mol. The maximum absolute atomic E-state index is 13.4. The molecule has 2 aromatic rings. The predicted octanol–water partition coefficient (Wildman–Crippen LogP) is 0.476. The van der Waals surface area contributed by atoms with E-state index in [9.17, 15) is 23.1 Å². The summed E-state index contributed by atoms with van der Waals surface area (Å²) in [7, 11) is 0. The van der Waals surface area contributed by atoms with Crippen LogP contribution in [-0.2, 0) is 0 Å². The summed E-state index contributed by atoms with van der Waals surface area (Å²) in [6, 6.07) is 5.02. The maximum atomic E-state index is 13.4. The highest BCUT2D eigenvalue weighted by atomic mass is 19.4. The third-order valence-electron chi connectivity index (χ3n) is 3.29. The van der Waals surface area contributed by atoms with Crippen LogP contribution in [0.25, 0.3) is 0 Å². The topological polar surface area (TPSA) is 121 Å². The summed E-state index contributed by atoms with van der Waals surface area (Å²) >= 11 is 0. The van der Waals surface area contributed by atoms with Crippen molar-refractivity contribution < 1.29 is 33.6 Å². The minimum absolute atomic E-state index is 0.206. The van der Waals surface area contributed by atoms with E-state index in [1.54, 1.807) is 0 Å². The summed E-state index contributed by atoms with van der Waals surface area (Å²) in [6.45, 7) is 0. The van der Waals surface area contributed by atoms with Crippen molar-refractivity contribution in [3.8, 4) is 0 Å². The Hall–Kier alpha value is -3.01. The Bertz CT molecular complexity index is 766. The number of carboxylic acid groups (broad SMARTS) is 1. The van der Waals surface area contributed by atoms with Crippen molar-refractivity contribution in [2.24, 2.45) is 0 Å². The average molecular weight is 355 g/mol. The number of nitrogens with one attached hydrogen (secondary N) is 1. The molecule has 1 atom stereocenters. The largest absolute Gasteiger partial charge is 0.478 e. The number of alkyl halides is 3. The summed E-state index contributed by atoms with van der Waals surface area (Å²) in [5.74, 6) is -1.64. The molecule has 7 nitrogen and oxygen atoms in total. The molecule has 0 aliphatic carbocycles. The normalized spacial score (nSPS) is 13.8. The van der Waals surface area contributed by atoms with Gasteiger partial charge < -0.3 is 15.5 Å². The minimum atomic E-state index is -5.08. The first kappa shape index (κ1) is 18.3. The molecule has 0 aliphatic heterocycles. The van der Waals surface area contributed by atoms with Crippen molar-refractivity contribution in [1.29, 1.82) is 0 Å². The summed E-state index contributed by atoms with van der Waals surface area (Å²) < 4.78 is 40.1. The van der Waals surface area contributed by atoms with E-state index in [1.807, 2.05) is 5.32 Å². The summed E-state index contributed by atoms with van der Waals surface area (Å²) in [6.07, 6.45) is -2.49. The number of aromatic nitrogens is 2. The van der Waals surface area contributed by atoms with Crippen LogP contribution in [-0.4, -0.2) is 43.8 Å². The van der Waals surface area contributed by atoms with E-state index in [4.69, 9.17) is 10.5 Å². The lowest BCUT2D eigenvalue weighted by atomic mass is 10.0. The standard InChI is InChI=1S/C15H13F3N4O3/c16-15(17,18)14(25,6-11(19)9-2-1-5-20-7-9)22-12-4-3-10(8-21-12)13(23)24/h1-5,7-8,19,25H,6H2,(H,21,22)(H,23,24)/p+1. The molecule has 1 unspecified atom stereocenters. The SMILES string of the molecule is [NH2+]=C(CC(O)(Nc1ccc(C(=O)O)cn1)C(F)(F)F)c1cccnc1. The molecule has 0 saturated heterocycles. The van der Waals surface area contributed by atoms with E-state index in [0.29, 0.717) is 0 Å². The van der Waals surface area contributed by atoms with E-state index < -0.39 is 24.3 Å². The van der Waals surface area contributed by atoms with Gasteiger partial charge in [-0.2, -0.15) is 13.2 Å². The van der Waals surface area contributed by atoms with Gasteiger partial charge in [0.25, 0.3) is 0 Å². The zero-order chi connectivity index (χ0) is 18.7. The summed E-state index contributed by atoms with van der Waals surface area (Å²) in [5, 5.41) is 26.4. The van der Waals surface area contributed by atoms with E-state index in [1.165, 1.54) is 24.5 Å². The molecule has 2 heterocycles. The van der Waals surface area contributed by atoms with Gasteiger partial charge in [0.05, 0.1) is 17.5 Å². The van der Waals surface area contributed by atoms with Crippen molar-refractivity contribution in [3.63, 3.8) is 0 Å². The molecule has 10 heteroatoms. The van der Waals surface area contributed by atoms with Crippen LogP contribution in [0.5, 0.6) is 0 Å². The van der Waals surface area contributed by atoms with E-state index in [0.717, 1.165) is 18.3 Å². The number of carboxylic acids is 1. The van der Waals surface area contributed by atoms with E-state index in [2.05, 4.69) is 9.97 Å². The van der Waals surface area contributed by atoms with Crippen LogP contribution in [0.2, 0.25) is 0 Å². The zero-order valence-corrected chi connectivity index (χ0v) is 12.7. The molecule has 0 aliphatic rings. The van der Waals surface area contributed by atoms with Crippen molar-refractivity contribution in [3.05, 3.63) is 54.0 Å². The van der Waals surface area contributed by atoms with Gasteiger partial charge in [0, 0.05) is 18.6 Å². The second kappa shape index (κ2) is 6.85. The monoisotopic (exact) mass is 355 g/mol. The zero-order valence-electron chi connectivity index (χ0n) is 12.7. The van der Waals surface area contributed by atoms with Gasteiger partial charge in [-0.15, -0.1) is 0 Å². The highest BCUT2D eigenvalue weighted by Gasteiger charge is 2.56. The highest BCUT2D eigenvalue weighted by molar-refractivity contribution is 5.96. The van der Waals surface area contributed by atoms with Crippen molar-refractivity contribution in [1.82, 2.24) is 9.97 Å². The number of aliphatic hydroxyl groups is 1. The first-order valence-corrected chi connectivity index (χ1v) is 6.91. The van der Waals surface area contributed by atoms with Gasteiger partial charge in [0.2, 0.25) is 5.72 Å². The Labute approximate surface area is 139 Å². The van der Waals surface area contributed by atoms with Crippen molar-refractivity contribution in [2.75, 3.05) is 5.32 Å². The molecule has 0 amide bonds. The summed E-state index contributed by atoms with van der Waals surface area (Å²) in [5.41, 5.74) is -3.60. The molecule has 2 aromatic heterocycles. The molecule has 0 bridgehead atoms. The lowest BCUT2D eigenvalue weighted by Gasteiger charge is -2.30. The van der Waals surface area contributed by atoms with Crippen LogP contribution in [0.1, 0.15) is 22.3 Å². The molecule has 25 heavy (non-hydrogen) atoms. The van der Waals surface area contributed by atoms with Crippen LogP contribution >= 0.6 is 0 Å². The van der Waals surface area contributed by atoms with Gasteiger partial charge in [-0.25, -0.2) is 9.78 Å². The van der Waals surface area contributed by atoms with Gasteiger partial charge in [-0.1, -0.05) is 0 Å². The molecule has 2 rings (SSSR count). The van der Waals surface area contributed by atoms with Crippen LogP contribution in [0.3, 0.4) is 0 Å². The third-order valence-corrected chi connectivity index (χ3v) is 3.29. The van der Waals surface area contributed by atoms with Crippen LogP contribution in [0.15, 0.2) is 42.9 Å². The van der Waals surface area contributed by atoms with Crippen molar-refractivity contribution >= 4 is 17.5 Å². The number of nitrogens with two attached hydrogens (primary N) is 1. The number of hydrogen-bond donors (Lipinski definition) is 4. The number of halogens is 3. The lowest BCUT2D eigenvalue weighted by molar-refractivity contribution is -0.248. The van der Waals surface area contributed by atoms with Gasteiger partial charge in [0.1, 0.15) is 5.82 Å². The fourth-order valence-electron chi connectivity index (χ4n) is 1.95. The van der Waals surface area contributed by atoms with E-state index in [-0.39, 0.29) is 22.7 Å². The molecule has 0 spiro atoms. The molecule has 0 fully saturated rings. The Balaban J connectivity index is 2.25. The first-order valence-electron chi connectivity index (χ1n) is 6.91.